The number of rotatable bonds is 5. The monoisotopic (exact) mass is 397 g/mol. The van der Waals surface area contributed by atoms with Gasteiger partial charge in [0.05, 0.1) is 30.5 Å². The summed E-state index contributed by atoms with van der Waals surface area (Å²) < 4.78 is 5.08. The van der Waals surface area contributed by atoms with Gasteiger partial charge in [-0.05, 0) is 23.3 Å². The second-order valence-corrected chi connectivity index (χ2v) is 6.81. The lowest BCUT2D eigenvalue weighted by Crippen LogP contribution is -2.34. The molecule has 0 bridgehead atoms. The SMILES string of the molecule is COC(=O)C(CN1C(=O)C(=O)c2ccccc21)=C(c1ccccc1)c1ccccc1. The largest absolute Gasteiger partial charge is 0.466 e. The zero-order valence-corrected chi connectivity index (χ0v) is 16.4. The van der Waals surface area contributed by atoms with Gasteiger partial charge in [-0.3, -0.25) is 9.59 Å². The predicted molar refractivity (Wildman–Crippen MR) is 114 cm³/mol. The van der Waals surface area contributed by atoms with Gasteiger partial charge in [-0.15, -0.1) is 0 Å². The topological polar surface area (TPSA) is 63.7 Å². The molecule has 0 aliphatic carbocycles. The van der Waals surface area contributed by atoms with Gasteiger partial charge < -0.3 is 9.64 Å². The quantitative estimate of drug-likeness (QED) is 0.372. The van der Waals surface area contributed by atoms with Crippen molar-refractivity contribution in [2.24, 2.45) is 0 Å². The Labute approximate surface area is 174 Å². The molecule has 1 aliphatic heterocycles. The van der Waals surface area contributed by atoms with Gasteiger partial charge in [0, 0.05) is 5.57 Å². The van der Waals surface area contributed by atoms with Crippen LogP contribution in [0, 0.1) is 0 Å². The number of carbonyl (C=O) groups excluding carboxylic acids is 3. The molecule has 0 spiro atoms. The van der Waals surface area contributed by atoms with Crippen LogP contribution in [0.25, 0.3) is 5.57 Å². The third-order valence-corrected chi connectivity index (χ3v) is 5.05. The van der Waals surface area contributed by atoms with Crippen LogP contribution < -0.4 is 4.90 Å². The highest BCUT2D eigenvalue weighted by Crippen LogP contribution is 2.33. The third-order valence-electron chi connectivity index (χ3n) is 5.05. The van der Waals surface area contributed by atoms with Crippen LogP contribution in [-0.4, -0.2) is 31.3 Å². The molecule has 3 aromatic carbocycles. The first kappa shape index (κ1) is 19.3. The smallest absolute Gasteiger partial charge is 0.336 e. The number of amides is 1. The zero-order chi connectivity index (χ0) is 21.1. The second kappa shape index (κ2) is 8.17. The Hall–Kier alpha value is -3.99. The lowest BCUT2D eigenvalue weighted by molar-refractivity contribution is -0.136. The van der Waals surface area contributed by atoms with Crippen molar-refractivity contribution in [2.45, 2.75) is 0 Å². The second-order valence-electron chi connectivity index (χ2n) is 6.81. The fraction of sp³-hybridized carbons (Fsp3) is 0.0800. The van der Waals surface area contributed by atoms with Crippen LogP contribution >= 0.6 is 0 Å². The van der Waals surface area contributed by atoms with Gasteiger partial charge in [-0.2, -0.15) is 0 Å². The molecule has 5 nitrogen and oxygen atoms in total. The van der Waals surface area contributed by atoms with E-state index in [1.807, 2.05) is 60.7 Å². The average Bonchev–Trinajstić information content (AvgIpc) is 3.04. The van der Waals surface area contributed by atoms with Gasteiger partial charge >= 0.3 is 5.97 Å². The van der Waals surface area contributed by atoms with Crippen molar-refractivity contribution >= 4 is 28.9 Å². The fourth-order valence-corrected chi connectivity index (χ4v) is 3.66. The normalized spacial score (nSPS) is 12.5. The molecule has 4 rings (SSSR count). The molecule has 0 saturated carbocycles. The van der Waals surface area contributed by atoms with Crippen LogP contribution in [0.2, 0.25) is 0 Å². The van der Waals surface area contributed by atoms with Gasteiger partial charge in [-0.25, -0.2) is 4.79 Å². The molecule has 148 valence electrons. The van der Waals surface area contributed by atoms with E-state index in [1.54, 1.807) is 24.3 Å². The van der Waals surface area contributed by atoms with Crippen molar-refractivity contribution in [2.75, 3.05) is 18.6 Å². The molecular weight excluding hydrogens is 378 g/mol. The Bertz CT molecular complexity index is 1110. The van der Waals surface area contributed by atoms with Gasteiger partial charge in [0.1, 0.15) is 0 Å². The maximum atomic E-state index is 12.9. The van der Waals surface area contributed by atoms with Crippen molar-refractivity contribution in [3.63, 3.8) is 0 Å². The van der Waals surface area contributed by atoms with E-state index in [2.05, 4.69) is 0 Å². The van der Waals surface area contributed by atoms with Crippen molar-refractivity contribution < 1.29 is 19.1 Å². The van der Waals surface area contributed by atoms with E-state index in [9.17, 15) is 14.4 Å². The van der Waals surface area contributed by atoms with E-state index in [-0.39, 0.29) is 6.54 Å². The number of fused-ring (bicyclic) bond motifs is 1. The number of esters is 1. The molecule has 0 radical (unpaired) electrons. The number of Topliss-reactive ketones (excluding diaryl/α,β-unsaturated/α-hetero) is 1. The van der Waals surface area contributed by atoms with Crippen LogP contribution in [0.15, 0.2) is 90.5 Å². The Kier molecular flexibility index (Phi) is 5.26. The van der Waals surface area contributed by atoms with E-state index in [0.717, 1.165) is 11.1 Å². The highest BCUT2D eigenvalue weighted by atomic mass is 16.5. The summed E-state index contributed by atoms with van der Waals surface area (Å²) in [7, 11) is 1.31. The van der Waals surface area contributed by atoms with E-state index in [4.69, 9.17) is 4.74 Å². The molecule has 0 unspecified atom stereocenters. The minimum absolute atomic E-state index is 0.0760. The summed E-state index contributed by atoms with van der Waals surface area (Å²) in [5, 5.41) is 0. The molecule has 30 heavy (non-hydrogen) atoms. The highest BCUT2D eigenvalue weighted by Gasteiger charge is 2.37. The first-order valence-electron chi connectivity index (χ1n) is 9.49. The number of benzene rings is 3. The number of methoxy groups -OCH3 is 1. The van der Waals surface area contributed by atoms with Crippen LogP contribution in [0.5, 0.6) is 0 Å². The van der Waals surface area contributed by atoms with Crippen LogP contribution in [0.1, 0.15) is 21.5 Å². The van der Waals surface area contributed by atoms with Crippen molar-refractivity contribution in [1.29, 1.82) is 0 Å². The van der Waals surface area contributed by atoms with Crippen molar-refractivity contribution in [3.8, 4) is 0 Å². The number of nitrogens with zero attached hydrogens (tertiary/aromatic N) is 1. The first-order chi connectivity index (χ1) is 14.6. The number of hydrogen-bond acceptors (Lipinski definition) is 4. The fourth-order valence-electron chi connectivity index (χ4n) is 3.66. The van der Waals surface area contributed by atoms with Crippen LogP contribution in [0.3, 0.4) is 0 Å². The van der Waals surface area contributed by atoms with Gasteiger partial charge in [0.25, 0.3) is 11.7 Å². The first-order valence-corrected chi connectivity index (χ1v) is 9.49. The Morgan fingerprint density at radius 3 is 1.90 bits per heavy atom. The zero-order valence-electron chi connectivity index (χ0n) is 16.4. The summed E-state index contributed by atoms with van der Waals surface area (Å²) in [6.07, 6.45) is 0. The molecule has 0 saturated heterocycles. The summed E-state index contributed by atoms with van der Waals surface area (Å²) in [5.74, 6) is -1.78. The summed E-state index contributed by atoms with van der Waals surface area (Å²) >= 11 is 0. The van der Waals surface area contributed by atoms with E-state index >= 15 is 0 Å². The standard InChI is InChI=1S/C25H19NO4/c1-30-25(29)20(16-26-21-15-9-8-14-19(21)23(27)24(26)28)22(17-10-4-2-5-11-17)18-12-6-3-7-13-18/h2-15H,16H2,1H3. The van der Waals surface area contributed by atoms with E-state index in [1.165, 1.54) is 12.0 Å². The number of ether oxygens (including phenoxy) is 1. The molecule has 5 heteroatoms. The Morgan fingerprint density at radius 1 is 0.800 bits per heavy atom. The Morgan fingerprint density at radius 2 is 1.33 bits per heavy atom. The number of ketones is 1. The van der Waals surface area contributed by atoms with Gasteiger partial charge in [0.15, 0.2) is 0 Å². The number of para-hydroxylation sites is 1. The minimum atomic E-state index is -0.655. The number of carbonyl (C=O) groups is 3. The molecule has 1 aliphatic rings. The molecule has 0 atom stereocenters. The molecule has 0 N–H and O–H groups in total. The summed E-state index contributed by atoms with van der Waals surface area (Å²) in [4.78, 5) is 39.3. The molecule has 1 amide bonds. The maximum Gasteiger partial charge on any atom is 0.336 e. The molecule has 0 fully saturated rings. The van der Waals surface area contributed by atoms with E-state index in [0.29, 0.717) is 22.4 Å². The number of hydrogen-bond donors (Lipinski definition) is 0. The molecule has 3 aromatic rings. The highest BCUT2D eigenvalue weighted by molar-refractivity contribution is 6.52. The number of anilines is 1. The summed E-state index contributed by atoms with van der Waals surface area (Å²) in [6.45, 7) is -0.0760. The van der Waals surface area contributed by atoms with Gasteiger partial charge in [0.2, 0.25) is 0 Å². The summed E-state index contributed by atoms with van der Waals surface area (Å²) in [6, 6.07) is 25.7. The van der Waals surface area contributed by atoms with E-state index < -0.39 is 17.7 Å². The van der Waals surface area contributed by atoms with Crippen LogP contribution in [0.4, 0.5) is 5.69 Å². The Balaban J connectivity index is 1.91. The molecule has 1 heterocycles. The molecular formula is C25H19NO4. The lowest BCUT2D eigenvalue weighted by Gasteiger charge is -2.21. The lowest BCUT2D eigenvalue weighted by atomic mass is 9.92. The van der Waals surface area contributed by atoms with Crippen molar-refractivity contribution in [1.82, 2.24) is 0 Å². The van der Waals surface area contributed by atoms with Crippen LogP contribution in [-0.2, 0) is 14.3 Å². The average molecular weight is 397 g/mol. The van der Waals surface area contributed by atoms with Gasteiger partial charge in [-0.1, -0.05) is 72.8 Å². The molecule has 0 aromatic heterocycles. The maximum absolute atomic E-state index is 12.9. The van der Waals surface area contributed by atoms with Crippen molar-refractivity contribution in [3.05, 3.63) is 107 Å². The summed E-state index contributed by atoms with van der Waals surface area (Å²) in [5.41, 5.74) is 3.42. The third kappa shape index (κ3) is 3.42. The predicted octanol–water partition coefficient (Wildman–Crippen LogP) is 3.89. The minimum Gasteiger partial charge on any atom is -0.466 e.